The molecule has 0 radical (unpaired) electrons. The average Bonchev–Trinajstić information content (AvgIpc) is 2.54. The summed E-state index contributed by atoms with van der Waals surface area (Å²) in [4.78, 5) is 13.0. The van der Waals surface area contributed by atoms with Crippen molar-refractivity contribution in [2.24, 2.45) is 0 Å². The van der Waals surface area contributed by atoms with Crippen LogP contribution in [0, 0.1) is 11.3 Å². The molecule has 0 amide bonds. The summed E-state index contributed by atoms with van der Waals surface area (Å²) in [5.41, 5.74) is 2.10. The smallest absolute Gasteiger partial charge is 0.263 e. The number of pyridine rings is 1. The van der Waals surface area contributed by atoms with E-state index in [4.69, 9.17) is 5.26 Å². The van der Waals surface area contributed by atoms with Gasteiger partial charge in [-0.25, -0.2) is 0 Å². The van der Waals surface area contributed by atoms with Crippen LogP contribution in [0.1, 0.15) is 32.0 Å². The summed E-state index contributed by atoms with van der Waals surface area (Å²) in [6, 6.07) is 19.0. The van der Waals surface area contributed by atoms with Gasteiger partial charge in [-0.1, -0.05) is 39.0 Å². The Balaban J connectivity index is 2.39. The molecule has 2 aromatic carbocycles. The van der Waals surface area contributed by atoms with Gasteiger partial charge in [-0.15, -0.1) is 0 Å². The molecule has 3 nitrogen and oxygen atoms in total. The van der Waals surface area contributed by atoms with Crippen LogP contribution in [0.3, 0.4) is 0 Å². The number of rotatable bonds is 1. The van der Waals surface area contributed by atoms with Crippen LogP contribution in [0.2, 0.25) is 0 Å². The molecule has 0 unspecified atom stereocenters. The lowest BCUT2D eigenvalue weighted by atomic mass is 9.89. The highest BCUT2D eigenvalue weighted by molar-refractivity contribution is 5.82. The Morgan fingerprint density at radius 1 is 1.00 bits per heavy atom. The lowest BCUT2D eigenvalue weighted by Gasteiger charge is -2.25. The Morgan fingerprint density at radius 2 is 1.65 bits per heavy atom. The van der Waals surface area contributed by atoms with E-state index in [1.54, 1.807) is 16.7 Å². The maximum absolute atomic E-state index is 13.0. The van der Waals surface area contributed by atoms with Crippen molar-refractivity contribution >= 4 is 10.8 Å². The summed E-state index contributed by atoms with van der Waals surface area (Å²) in [7, 11) is 0. The SMILES string of the molecule is CC(C)(C)c1cc2ccccc2c(=O)n1-c1ccc(C#N)cc1. The highest BCUT2D eigenvalue weighted by atomic mass is 16.1. The molecule has 23 heavy (non-hydrogen) atoms. The number of hydrogen-bond donors (Lipinski definition) is 0. The summed E-state index contributed by atoms with van der Waals surface area (Å²) < 4.78 is 1.75. The van der Waals surface area contributed by atoms with Crippen molar-refractivity contribution in [1.82, 2.24) is 4.57 Å². The second-order valence-electron chi connectivity index (χ2n) is 6.67. The average molecular weight is 302 g/mol. The second kappa shape index (κ2) is 5.40. The lowest BCUT2D eigenvalue weighted by molar-refractivity contribution is 0.549. The quantitative estimate of drug-likeness (QED) is 0.677. The largest absolute Gasteiger partial charge is 0.280 e. The molecule has 3 rings (SSSR count). The summed E-state index contributed by atoms with van der Waals surface area (Å²) >= 11 is 0. The van der Waals surface area contributed by atoms with Crippen molar-refractivity contribution in [1.29, 1.82) is 5.26 Å². The molecule has 0 saturated heterocycles. The first-order chi connectivity index (χ1) is 10.9. The van der Waals surface area contributed by atoms with Gasteiger partial charge in [-0.05, 0) is 41.8 Å². The third-order valence-corrected chi connectivity index (χ3v) is 3.95. The monoisotopic (exact) mass is 302 g/mol. The topological polar surface area (TPSA) is 45.8 Å². The molecule has 3 aromatic rings. The van der Waals surface area contributed by atoms with Gasteiger partial charge in [0.05, 0.1) is 11.6 Å². The van der Waals surface area contributed by atoms with Crippen LogP contribution < -0.4 is 5.56 Å². The zero-order chi connectivity index (χ0) is 16.6. The maximum Gasteiger partial charge on any atom is 0.263 e. The minimum absolute atomic E-state index is 0.0299. The molecule has 1 aromatic heterocycles. The highest BCUT2D eigenvalue weighted by Crippen LogP contribution is 2.26. The number of fused-ring (bicyclic) bond motifs is 1. The van der Waals surface area contributed by atoms with Crippen molar-refractivity contribution in [3.63, 3.8) is 0 Å². The van der Waals surface area contributed by atoms with Crippen molar-refractivity contribution < 1.29 is 0 Å². The van der Waals surface area contributed by atoms with Gasteiger partial charge in [-0.2, -0.15) is 5.26 Å². The van der Waals surface area contributed by atoms with Crippen LogP contribution in [0.4, 0.5) is 0 Å². The standard InChI is InChI=1S/C20H18N2O/c1-20(2,3)18-12-15-6-4-5-7-17(15)19(23)22(18)16-10-8-14(13-21)9-11-16/h4-12H,1-3H3. The Labute approximate surface area is 135 Å². The predicted octanol–water partition coefficient (Wildman–Crippen LogP) is 4.16. The van der Waals surface area contributed by atoms with Crippen LogP contribution in [-0.4, -0.2) is 4.57 Å². The number of hydrogen-bond acceptors (Lipinski definition) is 2. The molecule has 0 N–H and O–H groups in total. The highest BCUT2D eigenvalue weighted by Gasteiger charge is 2.21. The van der Waals surface area contributed by atoms with Gasteiger partial charge in [0.1, 0.15) is 0 Å². The van der Waals surface area contributed by atoms with Gasteiger partial charge >= 0.3 is 0 Å². The van der Waals surface area contributed by atoms with E-state index in [1.165, 1.54) is 0 Å². The van der Waals surface area contributed by atoms with Gasteiger partial charge < -0.3 is 0 Å². The minimum Gasteiger partial charge on any atom is -0.280 e. The van der Waals surface area contributed by atoms with Crippen molar-refractivity contribution in [2.45, 2.75) is 26.2 Å². The van der Waals surface area contributed by atoms with Crippen LogP contribution >= 0.6 is 0 Å². The third-order valence-electron chi connectivity index (χ3n) is 3.95. The first-order valence-corrected chi connectivity index (χ1v) is 7.57. The molecule has 0 aliphatic carbocycles. The zero-order valence-corrected chi connectivity index (χ0v) is 13.5. The van der Waals surface area contributed by atoms with Gasteiger partial charge in [0, 0.05) is 22.2 Å². The van der Waals surface area contributed by atoms with Crippen LogP contribution in [0.15, 0.2) is 59.4 Å². The second-order valence-corrected chi connectivity index (χ2v) is 6.67. The van der Waals surface area contributed by atoms with E-state index in [-0.39, 0.29) is 11.0 Å². The van der Waals surface area contributed by atoms with Gasteiger partial charge in [0.25, 0.3) is 5.56 Å². The molecular formula is C20H18N2O. The first-order valence-electron chi connectivity index (χ1n) is 7.57. The molecule has 1 heterocycles. The molecule has 0 fully saturated rings. The fourth-order valence-electron chi connectivity index (χ4n) is 2.75. The fourth-order valence-corrected chi connectivity index (χ4v) is 2.75. The Morgan fingerprint density at radius 3 is 2.26 bits per heavy atom. The molecular weight excluding hydrogens is 284 g/mol. The Hall–Kier alpha value is -2.86. The molecule has 3 heteroatoms. The maximum atomic E-state index is 13.0. The number of benzene rings is 2. The van der Waals surface area contributed by atoms with E-state index in [0.29, 0.717) is 10.9 Å². The van der Waals surface area contributed by atoms with E-state index in [9.17, 15) is 4.79 Å². The third kappa shape index (κ3) is 2.64. The number of aromatic nitrogens is 1. The van der Waals surface area contributed by atoms with Crippen LogP contribution in [-0.2, 0) is 5.41 Å². The Bertz CT molecular complexity index is 968. The zero-order valence-electron chi connectivity index (χ0n) is 13.5. The van der Waals surface area contributed by atoms with E-state index in [0.717, 1.165) is 16.8 Å². The van der Waals surface area contributed by atoms with Crippen molar-refractivity contribution in [3.05, 3.63) is 76.2 Å². The summed E-state index contributed by atoms with van der Waals surface area (Å²) in [5.74, 6) is 0. The predicted molar refractivity (Wildman–Crippen MR) is 93.0 cm³/mol. The molecule has 0 aliphatic rings. The number of nitriles is 1. The summed E-state index contributed by atoms with van der Waals surface area (Å²) in [6.45, 7) is 6.28. The van der Waals surface area contributed by atoms with Gasteiger partial charge in [0.15, 0.2) is 0 Å². The fraction of sp³-hybridized carbons (Fsp3) is 0.200. The van der Waals surface area contributed by atoms with Gasteiger partial charge in [-0.3, -0.25) is 9.36 Å². The molecule has 0 bridgehead atoms. The molecule has 0 atom stereocenters. The van der Waals surface area contributed by atoms with E-state index in [2.05, 4.69) is 32.9 Å². The first kappa shape index (κ1) is 15.1. The summed E-state index contributed by atoms with van der Waals surface area (Å²) in [6.07, 6.45) is 0. The number of nitrogens with zero attached hydrogens (tertiary/aromatic N) is 2. The normalized spacial score (nSPS) is 11.4. The van der Waals surface area contributed by atoms with Crippen molar-refractivity contribution in [3.8, 4) is 11.8 Å². The van der Waals surface area contributed by atoms with Crippen LogP contribution in [0.25, 0.3) is 16.5 Å². The molecule has 114 valence electrons. The van der Waals surface area contributed by atoms with Crippen LogP contribution in [0.5, 0.6) is 0 Å². The molecule has 0 spiro atoms. The lowest BCUT2D eigenvalue weighted by Crippen LogP contribution is -2.28. The van der Waals surface area contributed by atoms with E-state index < -0.39 is 0 Å². The Kier molecular flexibility index (Phi) is 3.54. The molecule has 0 aliphatic heterocycles. The molecule has 0 saturated carbocycles. The van der Waals surface area contributed by atoms with Gasteiger partial charge in [0.2, 0.25) is 0 Å². The summed E-state index contributed by atoms with van der Waals surface area (Å²) in [5, 5.41) is 10.6. The van der Waals surface area contributed by atoms with E-state index in [1.807, 2.05) is 36.4 Å². The van der Waals surface area contributed by atoms with E-state index >= 15 is 0 Å². The minimum atomic E-state index is -0.183. The van der Waals surface area contributed by atoms with Crippen molar-refractivity contribution in [2.75, 3.05) is 0 Å².